The second-order valence-corrected chi connectivity index (χ2v) is 11.8. The van der Waals surface area contributed by atoms with E-state index in [0.717, 1.165) is 25.4 Å². The molecule has 1 unspecified atom stereocenters. The summed E-state index contributed by atoms with van der Waals surface area (Å²) in [7, 11) is 1.63. The van der Waals surface area contributed by atoms with E-state index in [-0.39, 0.29) is 18.7 Å². The van der Waals surface area contributed by atoms with Crippen molar-refractivity contribution in [2.45, 2.75) is 116 Å². The van der Waals surface area contributed by atoms with Crippen LogP contribution in [0.15, 0.2) is 35.4 Å². The van der Waals surface area contributed by atoms with E-state index < -0.39 is 0 Å². The summed E-state index contributed by atoms with van der Waals surface area (Å²) in [6, 6.07) is 7.67. The van der Waals surface area contributed by atoms with E-state index in [4.69, 9.17) is 14.2 Å². The largest absolute Gasteiger partial charge is 0.459 e. The van der Waals surface area contributed by atoms with Gasteiger partial charge in [0.05, 0.1) is 18.0 Å². The Hall–Kier alpha value is -1.50. The Morgan fingerprint density at radius 3 is 1.97 bits per heavy atom. The van der Waals surface area contributed by atoms with Gasteiger partial charge in [-0.2, -0.15) is 0 Å². The number of unbranched alkanes of at least 4 members (excludes halogenated alkanes) is 13. The summed E-state index contributed by atoms with van der Waals surface area (Å²) < 4.78 is 16.7. The van der Waals surface area contributed by atoms with Crippen LogP contribution in [0.5, 0.6) is 0 Å². The van der Waals surface area contributed by atoms with Gasteiger partial charge >= 0.3 is 5.97 Å². The number of thioether (sulfide) groups is 1. The van der Waals surface area contributed by atoms with Gasteiger partial charge in [-0.15, -0.1) is 11.8 Å². The van der Waals surface area contributed by atoms with Crippen molar-refractivity contribution >= 4 is 17.7 Å². The summed E-state index contributed by atoms with van der Waals surface area (Å²) in [6.45, 7) is 6.63. The van der Waals surface area contributed by atoms with Crippen LogP contribution in [0, 0.1) is 0 Å². The van der Waals surface area contributed by atoms with Gasteiger partial charge in [0.2, 0.25) is 0 Å². The number of ether oxygens (including phenoxy) is 3. The molecule has 0 spiro atoms. The molecular weight excluding hydrogens is 494 g/mol. The van der Waals surface area contributed by atoms with Crippen LogP contribution in [-0.4, -0.2) is 49.8 Å². The maximum Gasteiger partial charge on any atom is 0.338 e. The van der Waals surface area contributed by atoms with Gasteiger partial charge in [-0.1, -0.05) is 103 Å². The highest BCUT2D eigenvalue weighted by atomic mass is 32.2. The molecule has 38 heavy (non-hydrogen) atoms. The second kappa shape index (κ2) is 21.3. The lowest BCUT2D eigenvalue weighted by molar-refractivity contribution is -0.0314. The van der Waals surface area contributed by atoms with Crippen LogP contribution in [0.25, 0.3) is 0 Å². The third-order valence-electron chi connectivity index (χ3n) is 7.08. The first-order valence-electron chi connectivity index (χ1n) is 15.0. The molecule has 0 N–H and O–H groups in total. The zero-order valence-corrected chi connectivity index (χ0v) is 25.2. The minimum Gasteiger partial charge on any atom is -0.459 e. The molecule has 0 radical (unpaired) electrons. The Labute approximate surface area is 237 Å². The number of esters is 1. The number of hydrogen-bond acceptors (Lipinski definition) is 6. The lowest BCUT2D eigenvalue weighted by Gasteiger charge is -2.16. The number of nitrogens with zero attached hydrogens (tertiary/aromatic N) is 1. The summed E-state index contributed by atoms with van der Waals surface area (Å²) in [5.41, 5.74) is 1.74. The Morgan fingerprint density at radius 1 is 0.868 bits per heavy atom. The van der Waals surface area contributed by atoms with Gasteiger partial charge in [-0.25, -0.2) is 4.79 Å². The van der Waals surface area contributed by atoms with E-state index in [9.17, 15) is 4.79 Å². The van der Waals surface area contributed by atoms with Crippen LogP contribution >= 0.6 is 11.8 Å². The first-order valence-corrected chi connectivity index (χ1v) is 16.0. The molecule has 216 valence electrons. The topological polar surface area (TPSA) is 48.0 Å². The SMILES string of the molecule is CCCCCCCCCCCCCCCCOCC(COC(=O)c1ccc(CN2C=C(C)SC2)cc1)OC. The van der Waals surface area contributed by atoms with Crippen LogP contribution in [0.1, 0.15) is 120 Å². The van der Waals surface area contributed by atoms with Crippen LogP contribution < -0.4 is 0 Å². The summed E-state index contributed by atoms with van der Waals surface area (Å²) >= 11 is 1.85. The molecule has 1 heterocycles. The van der Waals surface area contributed by atoms with Gasteiger partial charge in [-0.3, -0.25) is 0 Å². The van der Waals surface area contributed by atoms with E-state index in [0.29, 0.717) is 12.2 Å². The van der Waals surface area contributed by atoms with Crippen molar-refractivity contribution in [2.75, 3.05) is 32.8 Å². The molecule has 0 saturated carbocycles. The first-order chi connectivity index (χ1) is 18.6. The zero-order valence-electron chi connectivity index (χ0n) is 24.4. The molecule has 0 saturated heterocycles. The monoisotopic (exact) mass is 547 g/mol. The summed E-state index contributed by atoms with van der Waals surface area (Å²) in [4.78, 5) is 16.1. The normalized spacial score (nSPS) is 14.1. The predicted molar refractivity (Wildman–Crippen MR) is 160 cm³/mol. The Bertz CT molecular complexity index is 767. The third-order valence-corrected chi connectivity index (χ3v) is 8.10. The van der Waals surface area contributed by atoms with E-state index in [2.05, 4.69) is 24.9 Å². The molecule has 6 heteroatoms. The molecule has 1 aliphatic heterocycles. The fourth-order valence-electron chi connectivity index (χ4n) is 4.64. The molecule has 1 aromatic rings. The first kappa shape index (κ1) is 32.7. The van der Waals surface area contributed by atoms with E-state index >= 15 is 0 Å². The molecule has 0 aromatic heterocycles. The maximum absolute atomic E-state index is 12.4. The number of methoxy groups -OCH3 is 1. The van der Waals surface area contributed by atoms with Crippen LogP contribution in [0.4, 0.5) is 0 Å². The lowest BCUT2D eigenvalue weighted by Crippen LogP contribution is -2.26. The van der Waals surface area contributed by atoms with Crippen LogP contribution in [0.3, 0.4) is 0 Å². The average molecular weight is 548 g/mol. The van der Waals surface area contributed by atoms with Crippen molar-refractivity contribution < 1.29 is 19.0 Å². The number of rotatable bonds is 23. The van der Waals surface area contributed by atoms with Crippen LogP contribution in [-0.2, 0) is 20.8 Å². The predicted octanol–water partition coefficient (Wildman–Crippen LogP) is 8.72. The highest BCUT2D eigenvalue weighted by Crippen LogP contribution is 2.25. The molecule has 0 bridgehead atoms. The van der Waals surface area contributed by atoms with E-state index in [1.165, 1.54) is 93.9 Å². The minimum absolute atomic E-state index is 0.199. The molecular formula is C32H53NO4S. The molecule has 1 aliphatic rings. The lowest BCUT2D eigenvalue weighted by atomic mass is 10.0. The zero-order chi connectivity index (χ0) is 27.3. The molecule has 0 amide bonds. The molecule has 1 atom stereocenters. The van der Waals surface area contributed by atoms with Gasteiger partial charge in [0.1, 0.15) is 12.7 Å². The van der Waals surface area contributed by atoms with Gasteiger partial charge in [0.25, 0.3) is 0 Å². The number of benzene rings is 1. The van der Waals surface area contributed by atoms with Crippen LogP contribution in [0.2, 0.25) is 0 Å². The maximum atomic E-state index is 12.4. The molecule has 0 fully saturated rings. The average Bonchev–Trinajstić information content (AvgIpc) is 3.34. The van der Waals surface area contributed by atoms with Gasteiger partial charge in [0, 0.05) is 26.5 Å². The van der Waals surface area contributed by atoms with Crippen molar-refractivity contribution in [3.63, 3.8) is 0 Å². The standard InChI is InChI=1S/C32H53NO4S/c1-4-5-6-7-8-9-10-11-12-13-14-15-16-17-22-36-25-31(35-3)26-37-32(34)30-20-18-29(19-21-30)24-33-23-28(2)38-27-33/h18-21,23,31H,4-17,22,24-27H2,1-3H3. The van der Waals surface area contributed by atoms with Crippen molar-refractivity contribution in [3.05, 3.63) is 46.5 Å². The van der Waals surface area contributed by atoms with E-state index in [1.807, 2.05) is 36.0 Å². The summed E-state index contributed by atoms with van der Waals surface area (Å²) in [6.07, 6.45) is 20.9. The number of carbonyl (C=O) groups excluding carboxylic acids is 1. The Morgan fingerprint density at radius 2 is 1.45 bits per heavy atom. The number of carbonyl (C=O) groups is 1. The fraction of sp³-hybridized carbons (Fsp3) is 0.719. The van der Waals surface area contributed by atoms with Gasteiger partial charge in [-0.05, 0) is 35.9 Å². The van der Waals surface area contributed by atoms with Crippen molar-refractivity contribution in [1.29, 1.82) is 0 Å². The summed E-state index contributed by atoms with van der Waals surface area (Å²) in [5, 5.41) is 0. The van der Waals surface area contributed by atoms with Crippen molar-refractivity contribution in [2.24, 2.45) is 0 Å². The number of allylic oxidation sites excluding steroid dienone is 1. The Kier molecular flexibility index (Phi) is 18.4. The smallest absolute Gasteiger partial charge is 0.338 e. The van der Waals surface area contributed by atoms with Crippen molar-refractivity contribution in [1.82, 2.24) is 4.90 Å². The minimum atomic E-state index is -0.321. The second-order valence-electron chi connectivity index (χ2n) is 10.6. The molecule has 1 aromatic carbocycles. The Balaban J connectivity index is 1.43. The molecule has 0 aliphatic carbocycles. The molecule has 5 nitrogen and oxygen atoms in total. The number of hydrogen-bond donors (Lipinski definition) is 0. The molecule has 2 rings (SSSR count). The quantitative estimate of drug-likeness (QED) is 0.101. The highest BCUT2D eigenvalue weighted by molar-refractivity contribution is 8.03. The third kappa shape index (κ3) is 15.2. The van der Waals surface area contributed by atoms with Crippen molar-refractivity contribution in [3.8, 4) is 0 Å². The fourth-order valence-corrected chi connectivity index (χ4v) is 5.40. The van der Waals surface area contributed by atoms with E-state index in [1.54, 1.807) is 7.11 Å². The highest BCUT2D eigenvalue weighted by Gasteiger charge is 2.14. The van der Waals surface area contributed by atoms with Gasteiger partial charge in [0.15, 0.2) is 0 Å². The van der Waals surface area contributed by atoms with Gasteiger partial charge < -0.3 is 19.1 Å². The summed E-state index contributed by atoms with van der Waals surface area (Å²) in [5.74, 6) is 0.660.